The third-order valence-corrected chi connectivity index (χ3v) is 6.02. The topological polar surface area (TPSA) is 36.4 Å². The molecule has 3 aromatic rings. The van der Waals surface area contributed by atoms with Gasteiger partial charge in [0.1, 0.15) is 11.3 Å². The van der Waals surface area contributed by atoms with E-state index >= 15 is 0 Å². The maximum atomic E-state index is 14.1. The average Bonchev–Trinajstić information content (AvgIpc) is 3.07. The number of thioether (sulfide) groups is 1. The summed E-state index contributed by atoms with van der Waals surface area (Å²) in [6, 6.07) is 12.5. The Morgan fingerprint density at radius 3 is 2.57 bits per heavy atom. The molecule has 0 N–H and O–H groups in total. The lowest BCUT2D eigenvalue weighted by Gasteiger charge is -2.23. The predicted molar refractivity (Wildman–Crippen MR) is 120 cm³/mol. The molecule has 0 aliphatic carbocycles. The van der Waals surface area contributed by atoms with Crippen LogP contribution in [0.2, 0.25) is 0 Å². The number of rotatable bonds is 7. The number of benzene rings is 2. The van der Waals surface area contributed by atoms with E-state index in [0.717, 1.165) is 15.3 Å². The molecule has 0 aliphatic heterocycles. The molecule has 4 nitrogen and oxygen atoms in total. The second-order valence-electron chi connectivity index (χ2n) is 6.27. The highest BCUT2D eigenvalue weighted by Gasteiger charge is 2.24. The minimum atomic E-state index is -0.364. The first kappa shape index (κ1) is 22.6. The largest absolute Gasteiger partial charge is 0.308 e. The summed E-state index contributed by atoms with van der Waals surface area (Å²) in [5, 5.41) is 0.526. The van der Waals surface area contributed by atoms with Gasteiger partial charge in [0.05, 0.1) is 10.3 Å². The standard InChI is InChI=1S/C20H22FN3OS2.ClH/c1-4-26-16-10-6-5-8-14(16)19(25)24(13-12-23(2)3)20-22-18-15(21)9-7-11-17(18)27-20;/h5-11H,4,12-13H2,1-3H3;1H. The van der Waals surface area contributed by atoms with Gasteiger partial charge in [-0.15, -0.1) is 24.2 Å². The van der Waals surface area contributed by atoms with Crippen molar-refractivity contribution in [3.63, 3.8) is 0 Å². The summed E-state index contributed by atoms with van der Waals surface area (Å²) in [6.45, 7) is 3.23. The van der Waals surface area contributed by atoms with E-state index in [9.17, 15) is 9.18 Å². The number of hydrogen-bond donors (Lipinski definition) is 0. The summed E-state index contributed by atoms with van der Waals surface area (Å²) in [5.74, 6) is 0.416. The van der Waals surface area contributed by atoms with Gasteiger partial charge in [-0.2, -0.15) is 0 Å². The maximum Gasteiger partial charge on any atom is 0.261 e. The molecule has 8 heteroatoms. The van der Waals surface area contributed by atoms with Crippen molar-refractivity contribution in [2.45, 2.75) is 11.8 Å². The van der Waals surface area contributed by atoms with Gasteiger partial charge in [-0.25, -0.2) is 9.37 Å². The number of aromatic nitrogens is 1. The van der Waals surface area contributed by atoms with Crippen molar-refractivity contribution in [3.8, 4) is 0 Å². The number of anilines is 1. The fraction of sp³-hybridized carbons (Fsp3) is 0.300. The lowest BCUT2D eigenvalue weighted by atomic mass is 10.2. The Kier molecular flexibility index (Phi) is 8.24. The van der Waals surface area contributed by atoms with Crippen molar-refractivity contribution in [1.29, 1.82) is 0 Å². The summed E-state index contributed by atoms with van der Waals surface area (Å²) in [4.78, 5) is 22.4. The van der Waals surface area contributed by atoms with Crippen molar-refractivity contribution >= 4 is 56.8 Å². The Bertz CT molecular complexity index is 948. The van der Waals surface area contributed by atoms with E-state index < -0.39 is 0 Å². The normalized spacial score (nSPS) is 10.9. The molecule has 1 aromatic heterocycles. The number of thiazole rings is 1. The molecule has 150 valence electrons. The van der Waals surface area contributed by atoms with E-state index in [0.29, 0.717) is 29.3 Å². The van der Waals surface area contributed by atoms with Crippen LogP contribution in [-0.2, 0) is 0 Å². The van der Waals surface area contributed by atoms with E-state index in [1.165, 1.54) is 17.4 Å². The molecular weight excluding hydrogens is 417 g/mol. The highest BCUT2D eigenvalue weighted by atomic mass is 35.5. The first-order chi connectivity index (χ1) is 13.0. The van der Waals surface area contributed by atoms with Gasteiger partial charge in [-0.1, -0.05) is 36.5 Å². The molecule has 28 heavy (non-hydrogen) atoms. The quantitative estimate of drug-likeness (QED) is 0.475. The van der Waals surface area contributed by atoms with Crippen LogP contribution in [0.3, 0.4) is 0 Å². The highest BCUT2D eigenvalue weighted by molar-refractivity contribution is 7.99. The second-order valence-corrected chi connectivity index (χ2v) is 8.59. The summed E-state index contributed by atoms with van der Waals surface area (Å²) >= 11 is 2.98. The van der Waals surface area contributed by atoms with E-state index in [1.54, 1.807) is 22.7 Å². The summed E-state index contributed by atoms with van der Waals surface area (Å²) < 4.78 is 14.8. The fourth-order valence-corrected chi connectivity index (χ4v) is 4.47. The van der Waals surface area contributed by atoms with Gasteiger partial charge in [0, 0.05) is 18.0 Å². The molecule has 2 aromatic carbocycles. The molecule has 0 radical (unpaired) electrons. The molecule has 0 atom stereocenters. The van der Waals surface area contributed by atoms with Crippen molar-refractivity contribution in [2.24, 2.45) is 0 Å². The van der Waals surface area contributed by atoms with Gasteiger partial charge in [-0.05, 0) is 44.1 Å². The van der Waals surface area contributed by atoms with Crippen LogP contribution in [0.15, 0.2) is 47.4 Å². The Labute approximate surface area is 179 Å². The van der Waals surface area contributed by atoms with Crippen LogP contribution in [0, 0.1) is 5.82 Å². The second kappa shape index (κ2) is 10.2. The van der Waals surface area contributed by atoms with E-state index in [-0.39, 0.29) is 24.1 Å². The molecule has 0 aliphatic rings. The van der Waals surface area contributed by atoms with Gasteiger partial charge in [0.15, 0.2) is 5.13 Å². The summed E-state index contributed by atoms with van der Waals surface area (Å²) in [7, 11) is 3.92. The Balaban J connectivity index is 0.00000280. The molecule has 0 bridgehead atoms. The third kappa shape index (κ3) is 5.03. The first-order valence-corrected chi connectivity index (χ1v) is 10.5. The van der Waals surface area contributed by atoms with Crippen molar-refractivity contribution < 1.29 is 9.18 Å². The highest BCUT2D eigenvalue weighted by Crippen LogP contribution is 2.32. The number of para-hydroxylation sites is 1. The number of carbonyl (C=O) groups excluding carboxylic acids is 1. The van der Waals surface area contributed by atoms with Crippen LogP contribution in [0.5, 0.6) is 0 Å². The van der Waals surface area contributed by atoms with Crippen LogP contribution in [0.1, 0.15) is 17.3 Å². The number of amides is 1. The number of likely N-dealkylation sites (N-methyl/N-ethyl adjacent to an activating group) is 1. The number of fused-ring (bicyclic) bond motifs is 1. The molecule has 0 saturated heterocycles. The molecule has 1 heterocycles. The average molecular weight is 440 g/mol. The van der Waals surface area contributed by atoms with E-state index in [4.69, 9.17) is 0 Å². The lowest BCUT2D eigenvalue weighted by Crippen LogP contribution is -2.37. The summed E-state index contributed by atoms with van der Waals surface area (Å²) in [5.41, 5.74) is 0.971. The monoisotopic (exact) mass is 439 g/mol. The zero-order valence-electron chi connectivity index (χ0n) is 16.0. The van der Waals surface area contributed by atoms with Crippen molar-refractivity contribution in [1.82, 2.24) is 9.88 Å². The van der Waals surface area contributed by atoms with E-state index in [1.807, 2.05) is 49.3 Å². The van der Waals surface area contributed by atoms with Crippen LogP contribution in [0.4, 0.5) is 9.52 Å². The van der Waals surface area contributed by atoms with E-state index in [2.05, 4.69) is 11.9 Å². The SMILES string of the molecule is CCSc1ccccc1C(=O)N(CCN(C)C)c1nc2c(F)cccc2s1.Cl. The van der Waals surface area contributed by atoms with Gasteiger partial charge in [0.25, 0.3) is 5.91 Å². The van der Waals surface area contributed by atoms with Crippen molar-refractivity contribution in [2.75, 3.05) is 37.8 Å². The molecule has 0 fully saturated rings. The first-order valence-electron chi connectivity index (χ1n) is 8.74. The molecular formula is C20H23ClFN3OS2. The Hall–Kier alpha value is -1.67. The van der Waals surface area contributed by atoms with Crippen molar-refractivity contribution in [3.05, 3.63) is 53.8 Å². The lowest BCUT2D eigenvalue weighted by molar-refractivity contribution is 0.0982. The predicted octanol–water partition coefficient (Wildman–Crippen LogP) is 5.18. The number of nitrogens with zero attached hydrogens (tertiary/aromatic N) is 3. The zero-order valence-corrected chi connectivity index (χ0v) is 18.5. The third-order valence-electron chi connectivity index (χ3n) is 4.02. The van der Waals surface area contributed by atoms with Gasteiger partial charge < -0.3 is 4.90 Å². The van der Waals surface area contributed by atoms with Crippen LogP contribution in [0.25, 0.3) is 10.2 Å². The number of carbonyl (C=O) groups is 1. The molecule has 1 amide bonds. The van der Waals surface area contributed by atoms with Gasteiger partial charge >= 0.3 is 0 Å². The molecule has 3 rings (SSSR count). The van der Waals surface area contributed by atoms with Crippen LogP contribution in [-0.4, -0.2) is 48.7 Å². The Morgan fingerprint density at radius 1 is 1.14 bits per heavy atom. The molecule has 0 spiro atoms. The fourth-order valence-electron chi connectivity index (χ4n) is 2.67. The smallest absolute Gasteiger partial charge is 0.261 e. The summed E-state index contributed by atoms with van der Waals surface area (Å²) in [6.07, 6.45) is 0. The van der Waals surface area contributed by atoms with Gasteiger partial charge in [0.2, 0.25) is 0 Å². The minimum Gasteiger partial charge on any atom is -0.308 e. The maximum absolute atomic E-state index is 14.1. The molecule has 0 saturated carbocycles. The molecule has 0 unspecified atom stereocenters. The zero-order chi connectivity index (χ0) is 19.4. The van der Waals surface area contributed by atoms with Gasteiger partial charge in [-0.3, -0.25) is 9.69 Å². The van der Waals surface area contributed by atoms with Crippen LogP contribution >= 0.6 is 35.5 Å². The number of halogens is 2. The number of hydrogen-bond acceptors (Lipinski definition) is 5. The Morgan fingerprint density at radius 2 is 1.89 bits per heavy atom. The van der Waals surface area contributed by atoms with Crippen LogP contribution < -0.4 is 4.90 Å². The minimum absolute atomic E-state index is 0.